The van der Waals surface area contributed by atoms with Crippen molar-refractivity contribution < 1.29 is 28.6 Å². The van der Waals surface area contributed by atoms with Gasteiger partial charge >= 0.3 is 0 Å². The molecule has 2 atom stereocenters. The fourth-order valence-corrected chi connectivity index (χ4v) is 5.56. The van der Waals surface area contributed by atoms with Crippen LogP contribution in [0.25, 0.3) is 11.0 Å². The SMILES string of the molecule is CC(=O)c1cc2c(cc1N(C(=O)Cn1nnc3ccccc31)[C@H](C(=O)NC[C@@H]1CCCO1)c1ccc(N(C)C)cc1)OCO2. The minimum atomic E-state index is -1.15. The zero-order chi connectivity index (χ0) is 30.8. The van der Waals surface area contributed by atoms with Gasteiger partial charge in [0.2, 0.25) is 18.6 Å². The molecule has 44 heavy (non-hydrogen) atoms. The Balaban J connectivity index is 1.48. The Morgan fingerprint density at radius 3 is 2.50 bits per heavy atom. The van der Waals surface area contributed by atoms with Crippen LogP contribution in [0.5, 0.6) is 11.5 Å². The van der Waals surface area contributed by atoms with E-state index in [1.165, 1.54) is 16.5 Å². The molecule has 2 amide bonds. The molecule has 1 N–H and O–H groups in total. The van der Waals surface area contributed by atoms with Gasteiger partial charge in [-0.05, 0) is 55.7 Å². The number of fused-ring (bicyclic) bond motifs is 2. The molecule has 0 spiro atoms. The first-order valence-electron chi connectivity index (χ1n) is 14.5. The maximum Gasteiger partial charge on any atom is 0.249 e. The Bertz CT molecular complexity index is 1700. The lowest BCUT2D eigenvalue weighted by atomic mass is 9.99. The van der Waals surface area contributed by atoms with Crippen LogP contribution < -0.4 is 24.6 Å². The second-order valence-electron chi connectivity index (χ2n) is 11.0. The van der Waals surface area contributed by atoms with Crippen LogP contribution in [0.4, 0.5) is 11.4 Å². The quantitative estimate of drug-likeness (QED) is 0.273. The molecule has 1 aromatic heterocycles. The average molecular weight is 599 g/mol. The van der Waals surface area contributed by atoms with E-state index in [1.807, 2.05) is 61.5 Å². The second kappa shape index (κ2) is 12.3. The van der Waals surface area contributed by atoms with Crippen LogP contribution in [-0.2, 0) is 20.9 Å². The van der Waals surface area contributed by atoms with Gasteiger partial charge in [0, 0.05) is 44.6 Å². The van der Waals surface area contributed by atoms with E-state index in [9.17, 15) is 14.4 Å². The maximum atomic E-state index is 14.5. The number of benzene rings is 3. The summed E-state index contributed by atoms with van der Waals surface area (Å²) in [5, 5.41) is 11.4. The maximum absolute atomic E-state index is 14.5. The molecule has 228 valence electrons. The first kappa shape index (κ1) is 29.1. The van der Waals surface area contributed by atoms with Crippen LogP contribution in [0, 0.1) is 0 Å². The molecule has 2 aliphatic rings. The van der Waals surface area contributed by atoms with Gasteiger partial charge in [-0.15, -0.1) is 5.10 Å². The van der Waals surface area contributed by atoms with Gasteiger partial charge in [-0.3, -0.25) is 19.3 Å². The zero-order valence-electron chi connectivity index (χ0n) is 24.9. The Morgan fingerprint density at radius 1 is 1.05 bits per heavy atom. The van der Waals surface area contributed by atoms with Gasteiger partial charge in [0.25, 0.3) is 0 Å². The number of nitrogens with one attached hydrogen (secondary N) is 1. The highest BCUT2D eigenvalue weighted by atomic mass is 16.7. The van der Waals surface area contributed by atoms with Crippen LogP contribution in [0.1, 0.15) is 41.7 Å². The molecule has 3 heterocycles. The summed E-state index contributed by atoms with van der Waals surface area (Å²) in [5.41, 5.74) is 3.21. The summed E-state index contributed by atoms with van der Waals surface area (Å²) in [4.78, 5) is 45.1. The number of hydrogen-bond donors (Lipinski definition) is 1. The minimum absolute atomic E-state index is 0.0215. The van der Waals surface area contributed by atoms with Crippen molar-refractivity contribution in [2.75, 3.05) is 43.8 Å². The predicted molar refractivity (Wildman–Crippen MR) is 163 cm³/mol. The molecular formula is C32H34N6O6. The molecule has 2 aliphatic heterocycles. The van der Waals surface area contributed by atoms with Crippen molar-refractivity contribution in [3.63, 3.8) is 0 Å². The highest BCUT2D eigenvalue weighted by Crippen LogP contribution is 2.41. The van der Waals surface area contributed by atoms with Crippen LogP contribution in [0.3, 0.4) is 0 Å². The van der Waals surface area contributed by atoms with Crippen molar-refractivity contribution in [3.8, 4) is 11.5 Å². The zero-order valence-corrected chi connectivity index (χ0v) is 24.9. The van der Waals surface area contributed by atoms with Crippen molar-refractivity contribution in [3.05, 3.63) is 71.8 Å². The van der Waals surface area contributed by atoms with Gasteiger partial charge < -0.3 is 24.4 Å². The molecule has 0 unspecified atom stereocenters. The number of anilines is 2. The number of Topliss-reactive ketones (excluding diaryl/α,β-unsaturated/α-hetero) is 1. The van der Waals surface area contributed by atoms with E-state index in [4.69, 9.17) is 14.2 Å². The Hall–Kier alpha value is -4.97. The molecule has 0 aliphatic carbocycles. The van der Waals surface area contributed by atoms with E-state index in [1.54, 1.807) is 18.2 Å². The summed E-state index contributed by atoms with van der Waals surface area (Å²) < 4.78 is 18.4. The van der Waals surface area contributed by atoms with E-state index >= 15 is 0 Å². The normalized spacial score (nSPS) is 16.1. The Morgan fingerprint density at radius 2 is 1.80 bits per heavy atom. The molecule has 1 fully saturated rings. The van der Waals surface area contributed by atoms with Gasteiger partial charge in [0.1, 0.15) is 18.1 Å². The van der Waals surface area contributed by atoms with Crippen molar-refractivity contribution in [2.24, 2.45) is 0 Å². The molecule has 4 aromatic rings. The first-order valence-corrected chi connectivity index (χ1v) is 14.5. The first-order chi connectivity index (χ1) is 21.3. The number of carbonyl (C=O) groups excluding carboxylic acids is 3. The van der Waals surface area contributed by atoms with Crippen LogP contribution in [-0.4, -0.2) is 72.7 Å². The third kappa shape index (κ3) is 5.80. The topological polar surface area (TPSA) is 128 Å². The number of carbonyl (C=O) groups is 3. The Labute approximate surface area is 254 Å². The standard InChI is InChI=1S/C32H34N6O6/c1-20(39)24-15-28-29(44-19-43-28)16-27(24)38(30(40)18-37-26-9-5-4-8-25(26)34-35-37)31(21-10-12-22(13-11-21)36(2)3)32(41)33-17-23-7-6-14-42-23/h4-5,8-13,15-16,23,31H,6-7,14,17-19H2,1-3H3,(H,33,41)/t23-,31-/m0/s1. The number of ether oxygens (including phenoxy) is 3. The van der Waals surface area contributed by atoms with E-state index < -0.39 is 17.9 Å². The van der Waals surface area contributed by atoms with Crippen molar-refractivity contribution >= 4 is 40.0 Å². The number of amides is 2. The van der Waals surface area contributed by atoms with Crippen molar-refractivity contribution in [2.45, 2.75) is 38.5 Å². The van der Waals surface area contributed by atoms with Gasteiger partial charge in [0.05, 0.1) is 17.3 Å². The van der Waals surface area contributed by atoms with E-state index in [2.05, 4.69) is 15.6 Å². The third-order valence-electron chi connectivity index (χ3n) is 7.86. The number of nitrogens with zero attached hydrogens (tertiary/aromatic N) is 5. The fourth-order valence-electron chi connectivity index (χ4n) is 5.56. The van der Waals surface area contributed by atoms with Crippen LogP contribution >= 0.6 is 0 Å². The smallest absolute Gasteiger partial charge is 0.249 e. The largest absolute Gasteiger partial charge is 0.454 e. The summed E-state index contributed by atoms with van der Waals surface area (Å²) in [7, 11) is 3.84. The lowest BCUT2D eigenvalue weighted by Crippen LogP contribution is -2.47. The minimum Gasteiger partial charge on any atom is -0.454 e. The molecule has 0 radical (unpaired) electrons. The highest BCUT2D eigenvalue weighted by Gasteiger charge is 2.37. The van der Waals surface area contributed by atoms with E-state index in [0.717, 1.165) is 18.5 Å². The van der Waals surface area contributed by atoms with E-state index in [-0.39, 0.29) is 36.5 Å². The molecule has 0 bridgehead atoms. The number of hydrogen-bond acceptors (Lipinski definition) is 9. The van der Waals surface area contributed by atoms with Gasteiger partial charge in [-0.25, -0.2) is 4.68 Å². The van der Waals surface area contributed by atoms with Crippen molar-refractivity contribution in [1.82, 2.24) is 20.3 Å². The van der Waals surface area contributed by atoms with Gasteiger partial charge in [0.15, 0.2) is 17.3 Å². The lowest BCUT2D eigenvalue weighted by Gasteiger charge is -2.33. The Kier molecular flexibility index (Phi) is 8.16. The summed E-state index contributed by atoms with van der Waals surface area (Å²) in [6, 6.07) is 16.7. The van der Waals surface area contributed by atoms with Gasteiger partial charge in [-0.1, -0.05) is 29.5 Å². The van der Waals surface area contributed by atoms with Crippen molar-refractivity contribution in [1.29, 1.82) is 0 Å². The number of aromatic nitrogens is 3. The highest BCUT2D eigenvalue weighted by molar-refractivity contribution is 6.08. The molecule has 0 saturated carbocycles. The number of rotatable bonds is 10. The predicted octanol–water partition coefficient (Wildman–Crippen LogP) is 3.50. The molecule has 3 aromatic carbocycles. The number of para-hydroxylation sites is 1. The van der Waals surface area contributed by atoms with Crippen LogP contribution in [0.2, 0.25) is 0 Å². The monoisotopic (exact) mass is 598 g/mol. The number of ketones is 1. The van der Waals surface area contributed by atoms with E-state index in [0.29, 0.717) is 41.2 Å². The fraction of sp³-hybridized carbons (Fsp3) is 0.344. The molecule has 12 nitrogen and oxygen atoms in total. The average Bonchev–Trinajstić information content (AvgIpc) is 3.80. The summed E-state index contributed by atoms with van der Waals surface area (Å²) in [6.07, 6.45) is 1.65. The van der Waals surface area contributed by atoms with Crippen LogP contribution in [0.15, 0.2) is 60.7 Å². The summed E-state index contributed by atoms with van der Waals surface area (Å²) in [5.74, 6) is -0.430. The molecular weight excluding hydrogens is 564 g/mol. The molecule has 12 heteroatoms. The molecule has 1 saturated heterocycles. The van der Waals surface area contributed by atoms with Gasteiger partial charge in [-0.2, -0.15) is 0 Å². The third-order valence-corrected chi connectivity index (χ3v) is 7.86. The lowest BCUT2D eigenvalue weighted by molar-refractivity contribution is -0.127. The second-order valence-corrected chi connectivity index (χ2v) is 11.0. The summed E-state index contributed by atoms with van der Waals surface area (Å²) >= 11 is 0. The molecule has 6 rings (SSSR count). The summed E-state index contributed by atoms with van der Waals surface area (Å²) in [6.45, 7) is 2.09.